The maximum atomic E-state index is 5.23. The molecule has 0 spiro atoms. The zero-order chi connectivity index (χ0) is 55.2. The number of para-hydroxylation sites is 2. The molecule has 1 aliphatic heterocycles. The van der Waals surface area contributed by atoms with Crippen LogP contribution in [0.2, 0.25) is 0 Å². The topological polar surface area (TPSA) is 24.3 Å². The number of rotatable bonds is 10. The van der Waals surface area contributed by atoms with E-state index in [1.54, 1.807) is 0 Å². The summed E-state index contributed by atoms with van der Waals surface area (Å²) >= 11 is 0. The second-order valence-corrected chi connectivity index (χ2v) is 26.4. The van der Waals surface area contributed by atoms with Gasteiger partial charge in [-0.2, -0.15) is 0 Å². The van der Waals surface area contributed by atoms with E-state index in [0.717, 1.165) is 16.9 Å². The summed E-state index contributed by atoms with van der Waals surface area (Å²) in [6.07, 6.45) is 2.00. The fraction of sp³-hybridized carbons (Fsp3) is 0.284. The van der Waals surface area contributed by atoms with Crippen LogP contribution in [0.15, 0.2) is 206 Å². The van der Waals surface area contributed by atoms with Crippen LogP contribution in [-0.2, 0) is 32.5 Å². The minimum absolute atomic E-state index is 0.00274. The van der Waals surface area contributed by atoms with Gasteiger partial charge in [-0.25, -0.2) is 4.98 Å². The molecule has 2 aromatic heterocycles. The minimum atomic E-state index is -0.403. The van der Waals surface area contributed by atoms with Gasteiger partial charge in [0.05, 0.1) is 22.4 Å². The highest BCUT2D eigenvalue weighted by Crippen LogP contribution is 2.49. The Labute approximate surface area is 465 Å². The Morgan fingerprint density at radius 3 is 1.27 bits per heavy atom. The van der Waals surface area contributed by atoms with Gasteiger partial charge in [0.15, 0.2) is 0 Å². The van der Waals surface area contributed by atoms with Gasteiger partial charge in [0.1, 0.15) is 12.5 Å². The van der Waals surface area contributed by atoms with Crippen LogP contribution in [0.3, 0.4) is 0 Å². The van der Waals surface area contributed by atoms with E-state index in [0.29, 0.717) is 6.67 Å². The van der Waals surface area contributed by atoms with Gasteiger partial charge in [-0.05, 0) is 146 Å². The number of hydrogen-bond donors (Lipinski definition) is 0. The number of benzene rings is 8. The first-order valence-corrected chi connectivity index (χ1v) is 28.1. The Bertz CT molecular complexity index is 3770. The Balaban J connectivity index is 1.08. The average molecular weight is 1020 g/mol. The molecule has 4 heteroatoms. The lowest BCUT2D eigenvalue weighted by Gasteiger charge is -2.32. The molecule has 11 rings (SSSR count). The molecule has 0 saturated carbocycles. The molecule has 3 heterocycles. The molecule has 0 atom stereocenters. The number of hydrogen-bond acceptors (Lipinski definition) is 3. The molecule has 0 amide bonds. The molecule has 394 valence electrons. The van der Waals surface area contributed by atoms with Crippen LogP contribution >= 0.6 is 0 Å². The number of aromatic nitrogens is 2. The van der Waals surface area contributed by atoms with E-state index in [1.807, 2.05) is 6.20 Å². The van der Waals surface area contributed by atoms with Crippen molar-refractivity contribution in [2.75, 3.05) is 16.5 Å². The first kappa shape index (κ1) is 52.4. The highest BCUT2D eigenvalue weighted by Gasteiger charge is 2.35. The molecule has 0 radical (unpaired) electrons. The first-order valence-electron chi connectivity index (χ1n) is 28.1. The fourth-order valence-electron chi connectivity index (χ4n) is 12.0. The summed E-state index contributed by atoms with van der Waals surface area (Å²) in [6.45, 7) is 33.5. The summed E-state index contributed by atoms with van der Waals surface area (Å²) in [6, 6.07) is 75.3. The Morgan fingerprint density at radius 1 is 0.321 bits per heavy atom. The van der Waals surface area contributed by atoms with Crippen LogP contribution in [0.4, 0.5) is 22.7 Å². The molecule has 0 saturated heterocycles. The second kappa shape index (κ2) is 19.0. The van der Waals surface area contributed by atoms with E-state index in [4.69, 9.17) is 4.98 Å². The molecule has 0 bridgehead atoms. The van der Waals surface area contributed by atoms with Gasteiger partial charge < -0.3 is 9.80 Å². The Hall–Kier alpha value is -7.69. The number of pyridine rings is 1. The van der Waals surface area contributed by atoms with Crippen molar-refractivity contribution in [3.8, 4) is 5.82 Å². The van der Waals surface area contributed by atoms with Crippen LogP contribution in [0.1, 0.15) is 153 Å². The van der Waals surface area contributed by atoms with E-state index < -0.39 is 10.8 Å². The molecule has 10 aromatic rings. The largest absolute Gasteiger partial charge is 0.321 e. The zero-order valence-electron chi connectivity index (χ0n) is 48.6. The Kier molecular flexibility index (Phi) is 12.8. The molecule has 0 aliphatic carbocycles. The average Bonchev–Trinajstić information content (AvgIpc) is 4.20. The van der Waals surface area contributed by atoms with Gasteiger partial charge >= 0.3 is 0 Å². The van der Waals surface area contributed by atoms with Crippen LogP contribution in [0, 0.1) is 0 Å². The molecular formula is C74H78N4. The van der Waals surface area contributed by atoms with Crippen LogP contribution in [0.5, 0.6) is 0 Å². The molecule has 78 heavy (non-hydrogen) atoms. The van der Waals surface area contributed by atoms with Gasteiger partial charge in [-0.15, -0.1) is 0 Å². The molecule has 0 unspecified atom stereocenters. The zero-order valence-corrected chi connectivity index (χ0v) is 48.6. The SMILES string of the molecule is CC(C)(C)c1cc(N2CN(c3cc(C(C)(C)C)cc(C(C)(C)c4ccc5c6cc(C(C)(c7ccccc7)c7ccccc7)ccc6n(-c6cc(C(C)(C)c7ccccc7)ccn6)c5c4)c3)c3ccccc32)cc(C(C)(C)C)c1. The van der Waals surface area contributed by atoms with Crippen molar-refractivity contribution >= 4 is 44.6 Å². The van der Waals surface area contributed by atoms with Gasteiger partial charge in [-0.3, -0.25) is 4.57 Å². The Morgan fingerprint density at radius 2 is 0.756 bits per heavy atom. The van der Waals surface area contributed by atoms with Crippen molar-refractivity contribution in [2.45, 2.75) is 129 Å². The van der Waals surface area contributed by atoms with E-state index in [-0.39, 0.29) is 21.7 Å². The van der Waals surface area contributed by atoms with Crippen LogP contribution < -0.4 is 9.80 Å². The van der Waals surface area contributed by atoms with Crippen molar-refractivity contribution in [3.05, 3.63) is 262 Å². The molecule has 0 fully saturated rings. The number of fused-ring (bicyclic) bond motifs is 4. The maximum absolute atomic E-state index is 5.23. The predicted octanol–water partition coefficient (Wildman–Crippen LogP) is 19.3. The normalized spacial score (nSPS) is 13.7. The standard InChI is InChI=1S/C74H78N4/c1-69(2,3)56-40-57(70(4,5)6)43-60(42-56)76-49-77(66-33-25-24-32-65(66)76)61-44-58(71(7,8)9)41-59(45-61)73(12,13)53-34-36-62-63-46-55(74(14,51-28-20-16-21-29-51)52-30-22-17-23-31-52)35-37-64(63)78(67(62)47-53)68-48-54(38-39-75-68)72(10,11)50-26-18-15-19-27-50/h15-48H,49H2,1-14H3. The van der Waals surface area contributed by atoms with E-state index in [1.165, 1.54) is 89.2 Å². The van der Waals surface area contributed by atoms with Crippen molar-refractivity contribution < 1.29 is 0 Å². The second-order valence-electron chi connectivity index (χ2n) is 26.4. The molecule has 8 aromatic carbocycles. The van der Waals surface area contributed by atoms with E-state index in [9.17, 15) is 0 Å². The van der Waals surface area contributed by atoms with Crippen LogP contribution in [0.25, 0.3) is 27.6 Å². The first-order chi connectivity index (χ1) is 36.9. The van der Waals surface area contributed by atoms with E-state index in [2.05, 4.69) is 311 Å². The summed E-state index contributed by atoms with van der Waals surface area (Å²) in [5.41, 5.74) is 18.8. The number of nitrogens with zero attached hydrogens (tertiary/aromatic N) is 4. The third-order valence-electron chi connectivity index (χ3n) is 17.5. The molecule has 0 N–H and O–H groups in total. The van der Waals surface area contributed by atoms with Crippen molar-refractivity contribution in [3.63, 3.8) is 0 Å². The summed E-state index contributed by atoms with van der Waals surface area (Å²) in [7, 11) is 0. The summed E-state index contributed by atoms with van der Waals surface area (Å²) < 4.78 is 2.42. The monoisotopic (exact) mass is 1020 g/mol. The summed E-state index contributed by atoms with van der Waals surface area (Å²) in [5, 5.41) is 2.41. The van der Waals surface area contributed by atoms with Crippen molar-refractivity contribution in [1.82, 2.24) is 9.55 Å². The summed E-state index contributed by atoms with van der Waals surface area (Å²) in [4.78, 5) is 10.3. The third-order valence-corrected chi connectivity index (χ3v) is 17.5. The smallest absolute Gasteiger partial charge is 0.137 e. The lowest BCUT2D eigenvalue weighted by Crippen LogP contribution is -2.27. The molecule has 4 nitrogen and oxygen atoms in total. The van der Waals surface area contributed by atoms with E-state index >= 15 is 0 Å². The van der Waals surface area contributed by atoms with Crippen LogP contribution in [-0.4, -0.2) is 16.2 Å². The highest BCUT2D eigenvalue weighted by atomic mass is 15.4. The third kappa shape index (κ3) is 9.21. The summed E-state index contributed by atoms with van der Waals surface area (Å²) in [5.74, 6) is 0.907. The van der Waals surface area contributed by atoms with Gasteiger partial charge in [0.2, 0.25) is 0 Å². The van der Waals surface area contributed by atoms with Gasteiger partial charge in [-0.1, -0.05) is 223 Å². The molecule has 1 aliphatic rings. The lowest BCUT2D eigenvalue weighted by molar-refractivity contribution is 0.568. The fourth-order valence-corrected chi connectivity index (χ4v) is 12.0. The number of anilines is 4. The minimum Gasteiger partial charge on any atom is -0.321 e. The van der Waals surface area contributed by atoms with Gasteiger partial charge in [0.25, 0.3) is 0 Å². The van der Waals surface area contributed by atoms with Crippen molar-refractivity contribution in [1.29, 1.82) is 0 Å². The quantitative estimate of drug-likeness (QED) is 0.128. The lowest BCUT2D eigenvalue weighted by atomic mass is 9.71. The highest BCUT2D eigenvalue weighted by molar-refractivity contribution is 6.10. The maximum Gasteiger partial charge on any atom is 0.137 e. The van der Waals surface area contributed by atoms with Gasteiger partial charge in [0, 0.05) is 44.6 Å². The van der Waals surface area contributed by atoms with Crippen molar-refractivity contribution in [2.24, 2.45) is 0 Å². The molecular weight excluding hydrogens is 945 g/mol. The predicted molar refractivity (Wildman–Crippen MR) is 332 cm³/mol.